The van der Waals surface area contributed by atoms with Gasteiger partial charge in [-0.25, -0.2) is 8.42 Å². The van der Waals surface area contributed by atoms with Crippen LogP contribution in [0.25, 0.3) is 0 Å². The van der Waals surface area contributed by atoms with E-state index in [1.54, 1.807) is 48.3 Å². The Morgan fingerprint density at radius 1 is 1.22 bits per heavy atom. The summed E-state index contributed by atoms with van der Waals surface area (Å²) in [6, 6.07) is 11.6. The number of sulfone groups is 1. The molecule has 1 aliphatic rings. The molecule has 0 bridgehead atoms. The van der Waals surface area contributed by atoms with Crippen LogP contribution in [0.3, 0.4) is 0 Å². The first-order valence-corrected chi connectivity index (χ1v) is 9.68. The fourth-order valence-electron chi connectivity index (χ4n) is 2.60. The topological polar surface area (TPSA) is 66.5 Å². The number of carbonyl (C=O) groups is 1. The smallest absolute Gasteiger partial charge is 0.263 e. The number of rotatable bonds is 4. The van der Waals surface area contributed by atoms with Gasteiger partial charge in [0.05, 0.1) is 9.77 Å². The summed E-state index contributed by atoms with van der Waals surface area (Å²) in [5.74, 6) is -0.127. The first kappa shape index (κ1) is 16.2. The van der Waals surface area contributed by atoms with Gasteiger partial charge in [-0.3, -0.25) is 4.79 Å². The molecular formula is C16H18N2O3S2. The van der Waals surface area contributed by atoms with Crippen molar-refractivity contribution in [3.05, 3.63) is 47.3 Å². The molecule has 1 fully saturated rings. The molecule has 1 aromatic heterocycles. The van der Waals surface area contributed by atoms with Crippen LogP contribution in [0.5, 0.6) is 0 Å². The van der Waals surface area contributed by atoms with E-state index in [0.717, 1.165) is 30.8 Å². The van der Waals surface area contributed by atoms with Gasteiger partial charge < -0.3 is 10.2 Å². The monoisotopic (exact) mass is 350 g/mol. The van der Waals surface area contributed by atoms with Crippen LogP contribution in [0.15, 0.2) is 51.6 Å². The third-order valence-electron chi connectivity index (χ3n) is 4.01. The highest BCUT2D eigenvalue weighted by Crippen LogP contribution is 2.28. The molecule has 1 unspecified atom stereocenters. The normalized spacial score (nSPS) is 18.0. The second-order valence-corrected chi connectivity index (χ2v) is 8.76. The zero-order chi connectivity index (χ0) is 16.4. The van der Waals surface area contributed by atoms with Gasteiger partial charge in [0.25, 0.3) is 5.91 Å². The number of nitrogens with zero attached hydrogens (tertiary/aromatic N) is 1. The quantitative estimate of drug-likeness (QED) is 0.916. The lowest BCUT2D eigenvalue weighted by molar-refractivity contribution is 0.0748. The molecular weight excluding hydrogens is 332 g/mol. The summed E-state index contributed by atoms with van der Waals surface area (Å²) in [4.78, 5) is 14.9. The molecule has 5 nitrogen and oxygen atoms in total. The second-order valence-electron chi connectivity index (χ2n) is 5.50. The standard InChI is InChI=1S/C16H18N2O3S2/c1-18(12-9-10-17-11-12)16(19)14-7-8-15(22-14)23(20,21)13-5-3-2-4-6-13/h2-8,12,17H,9-11H2,1H3. The van der Waals surface area contributed by atoms with Crippen molar-refractivity contribution in [3.63, 3.8) is 0 Å². The second kappa shape index (κ2) is 6.43. The SMILES string of the molecule is CN(C(=O)c1ccc(S(=O)(=O)c2ccccc2)s1)C1CCNC1. The molecule has 23 heavy (non-hydrogen) atoms. The van der Waals surface area contributed by atoms with Crippen LogP contribution >= 0.6 is 11.3 Å². The third kappa shape index (κ3) is 3.17. The Morgan fingerprint density at radius 2 is 1.96 bits per heavy atom. The van der Waals surface area contributed by atoms with Crippen LogP contribution in [0, 0.1) is 0 Å². The molecule has 1 saturated heterocycles. The summed E-state index contributed by atoms with van der Waals surface area (Å²) in [6.07, 6.45) is 0.919. The van der Waals surface area contributed by atoms with Crippen molar-refractivity contribution < 1.29 is 13.2 Å². The predicted octanol–water partition coefficient (Wildman–Crippen LogP) is 2.01. The van der Waals surface area contributed by atoms with Crippen LogP contribution in [-0.4, -0.2) is 45.4 Å². The lowest BCUT2D eigenvalue weighted by atomic mass is 10.2. The van der Waals surface area contributed by atoms with Crippen molar-refractivity contribution in [2.75, 3.05) is 20.1 Å². The lowest BCUT2D eigenvalue weighted by Crippen LogP contribution is -2.37. The van der Waals surface area contributed by atoms with Gasteiger partial charge in [-0.05, 0) is 37.2 Å². The van der Waals surface area contributed by atoms with E-state index in [0.29, 0.717) is 4.88 Å². The molecule has 1 amide bonds. The number of carbonyl (C=O) groups excluding carboxylic acids is 1. The summed E-state index contributed by atoms with van der Waals surface area (Å²) in [6.45, 7) is 1.68. The molecule has 0 radical (unpaired) electrons. The molecule has 122 valence electrons. The van der Waals surface area contributed by atoms with E-state index in [1.165, 1.54) is 6.07 Å². The van der Waals surface area contributed by atoms with Crippen LogP contribution in [0.1, 0.15) is 16.1 Å². The van der Waals surface area contributed by atoms with Gasteiger partial charge in [-0.2, -0.15) is 0 Å². The Bertz CT molecular complexity index is 794. The van der Waals surface area contributed by atoms with E-state index < -0.39 is 9.84 Å². The average molecular weight is 350 g/mol. The molecule has 0 spiro atoms. The van der Waals surface area contributed by atoms with Crippen molar-refractivity contribution >= 4 is 27.1 Å². The van der Waals surface area contributed by atoms with Crippen molar-refractivity contribution in [1.82, 2.24) is 10.2 Å². The molecule has 7 heteroatoms. The Hall–Kier alpha value is -1.70. The maximum Gasteiger partial charge on any atom is 0.263 e. The maximum absolute atomic E-state index is 12.6. The number of hydrogen-bond donors (Lipinski definition) is 1. The number of likely N-dealkylation sites (N-methyl/N-ethyl adjacent to an activating group) is 1. The minimum absolute atomic E-state index is 0.127. The van der Waals surface area contributed by atoms with Gasteiger partial charge in [0.2, 0.25) is 9.84 Å². The fourth-order valence-corrected chi connectivity index (χ4v) is 5.32. The Morgan fingerprint density at radius 3 is 2.61 bits per heavy atom. The lowest BCUT2D eigenvalue weighted by Gasteiger charge is -2.22. The van der Waals surface area contributed by atoms with E-state index in [9.17, 15) is 13.2 Å². The highest BCUT2D eigenvalue weighted by atomic mass is 32.2. The van der Waals surface area contributed by atoms with Crippen LogP contribution in [0.4, 0.5) is 0 Å². The van der Waals surface area contributed by atoms with E-state index in [1.807, 2.05) is 0 Å². The first-order chi connectivity index (χ1) is 11.0. The number of thiophene rings is 1. The minimum atomic E-state index is -3.56. The molecule has 0 aliphatic carbocycles. The van der Waals surface area contributed by atoms with Gasteiger partial charge in [0.1, 0.15) is 4.21 Å². The van der Waals surface area contributed by atoms with Crippen LogP contribution in [-0.2, 0) is 9.84 Å². The molecule has 1 atom stereocenters. The van der Waals surface area contributed by atoms with Crippen molar-refractivity contribution in [1.29, 1.82) is 0 Å². The van der Waals surface area contributed by atoms with Gasteiger partial charge >= 0.3 is 0 Å². The van der Waals surface area contributed by atoms with Gasteiger partial charge in [0.15, 0.2) is 0 Å². The fraction of sp³-hybridized carbons (Fsp3) is 0.312. The van der Waals surface area contributed by atoms with Gasteiger partial charge in [-0.1, -0.05) is 18.2 Å². The maximum atomic E-state index is 12.6. The molecule has 1 aromatic carbocycles. The highest BCUT2D eigenvalue weighted by molar-refractivity contribution is 7.93. The van der Waals surface area contributed by atoms with Crippen molar-refractivity contribution in [3.8, 4) is 0 Å². The third-order valence-corrected chi connectivity index (χ3v) is 7.35. The number of benzene rings is 1. The molecule has 2 heterocycles. The largest absolute Gasteiger partial charge is 0.337 e. The zero-order valence-electron chi connectivity index (χ0n) is 12.7. The molecule has 3 rings (SSSR count). The first-order valence-electron chi connectivity index (χ1n) is 7.38. The van der Waals surface area contributed by atoms with Gasteiger partial charge in [-0.15, -0.1) is 11.3 Å². The predicted molar refractivity (Wildman–Crippen MR) is 89.6 cm³/mol. The number of amides is 1. The molecule has 0 saturated carbocycles. The summed E-state index contributed by atoms with van der Waals surface area (Å²) in [5, 5.41) is 3.22. The van der Waals surface area contributed by atoms with E-state index in [-0.39, 0.29) is 21.1 Å². The molecule has 1 aliphatic heterocycles. The number of hydrogen-bond acceptors (Lipinski definition) is 5. The van der Waals surface area contributed by atoms with Crippen LogP contribution in [0.2, 0.25) is 0 Å². The zero-order valence-corrected chi connectivity index (χ0v) is 14.4. The van der Waals surface area contributed by atoms with E-state index >= 15 is 0 Å². The Balaban J connectivity index is 1.84. The molecule has 2 aromatic rings. The van der Waals surface area contributed by atoms with Crippen LogP contribution < -0.4 is 5.32 Å². The Kier molecular flexibility index (Phi) is 4.52. The Labute approximate surface area is 139 Å². The van der Waals surface area contributed by atoms with E-state index in [4.69, 9.17) is 0 Å². The van der Waals surface area contributed by atoms with Gasteiger partial charge in [0, 0.05) is 19.6 Å². The summed E-state index contributed by atoms with van der Waals surface area (Å²) in [5.41, 5.74) is 0. The molecule has 1 N–H and O–H groups in total. The summed E-state index contributed by atoms with van der Waals surface area (Å²) in [7, 11) is -1.79. The summed E-state index contributed by atoms with van der Waals surface area (Å²) >= 11 is 1.03. The van der Waals surface area contributed by atoms with Crippen molar-refractivity contribution in [2.45, 2.75) is 21.6 Å². The van der Waals surface area contributed by atoms with Crippen molar-refractivity contribution in [2.24, 2.45) is 0 Å². The number of nitrogens with one attached hydrogen (secondary N) is 1. The van der Waals surface area contributed by atoms with E-state index in [2.05, 4.69) is 5.32 Å². The summed E-state index contributed by atoms with van der Waals surface area (Å²) < 4.78 is 25.3. The highest BCUT2D eigenvalue weighted by Gasteiger charge is 2.27. The minimum Gasteiger partial charge on any atom is -0.337 e. The average Bonchev–Trinajstić information content (AvgIpc) is 3.26.